The molecule has 3 rings (SSSR count). The van der Waals surface area contributed by atoms with Gasteiger partial charge in [0.1, 0.15) is 23.9 Å². The average Bonchev–Trinajstić information content (AvgIpc) is 3.37. The molecule has 0 fully saturated rings. The second-order valence-corrected chi connectivity index (χ2v) is 10.2. The first-order chi connectivity index (χ1) is 20.8. The fourth-order valence-corrected chi connectivity index (χ4v) is 4.49. The topological polar surface area (TPSA) is 273 Å². The molecule has 0 radical (unpaired) electrons. The summed E-state index contributed by atoms with van der Waals surface area (Å²) in [5.41, 5.74) is 18.7. The molecule has 5 amide bonds. The molecule has 0 bridgehead atoms. The molecule has 1 aromatic heterocycles. The third kappa shape index (κ3) is 9.55. The van der Waals surface area contributed by atoms with E-state index in [1.807, 2.05) is 24.3 Å². The zero-order valence-electron chi connectivity index (χ0n) is 23.6. The van der Waals surface area contributed by atoms with Gasteiger partial charge in [0, 0.05) is 29.9 Å². The van der Waals surface area contributed by atoms with Gasteiger partial charge in [-0.1, -0.05) is 30.3 Å². The molecule has 0 aliphatic rings. The molecule has 4 atom stereocenters. The van der Waals surface area contributed by atoms with Crippen LogP contribution in [0.5, 0.6) is 5.75 Å². The number of primary amides is 2. The summed E-state index contributed by atoms with van der Waals surface area (Å²) in [7, 11) is 0. The van der Waals surface area contributed by atoms with Gasteiger partial charge in [-0.05, 0) is 42.2 Å². The highest BCUT2D eigenvalue weighted by Gasteiger charge is 2.31. The lowest BCUT2D eigenvalue weighted by atomic mass is 10.0. The molecule has 3 aromatic rings. The summed E-state index contributed by atoms with van der Waals surface area (Å²) in [6.45, 7) is 0. The van der Waals surface area contributed by atoms with Crippen LogP contribution in [0.2, 0.25) is 0 Å². The van der Waals surface area contributed by atoms with Crippen LogP contribution in [0.25, 0.3) is 10.9 Å². The zero-order chi connectivity index (χ0) is 32.4. The predicted molar refractivity (Wildman–Crippen MR) is 157 cm³/mol. The van der Waals surface area contributed by atoms with Gasteiger partial charge in [-0.25, -0.2) is 4.79 Å². The molecule has 234 valence electrons. The summed E-state index contributed by atoms with van der Waals surface area (Å²) in [4.78, 5) is 77.4. The molecule has 12 N–H and O–H groups in total. The summed E-state index contributed by atoms with van der Waals surface area (Å²) in [5.74, 6) is -5.88. The van der Waals surface area contributed by atoms with Crippen LogP contribution in [0.3, 0.4) is 0 Å². The van der Waals surface area contributed by atoms with Crippen molar-refractivity contribution in [1.82, 2.24) is 20.9 Å². The fourth-order valence-electron chi connectivity index (χ4n) is 4.49. The van der Waals surface area contributed by atoms with Gasteiger partial charge in [-0.3, -0.25) is 24.0 Å². The highest BCUT2D eigenvalue weighted by atomic mass is 16.4. The largest absolute Gasteiger partial charge is 0.508 e. The van der Waals surface area contributed by atoms with E-state index in [2.05, 4.69) is 20.9 Å². The monoisotopic (exact) mass is 609 g/mol. The number of aromatic hydroxyl groups is 1. The number of nitrogens with two attached hydrogens (primary N) is 3. The van der Waals surface area contributed by atoms with Crippen molar-refractivity contribution in [1.29, 1.82) is 0 Å². The van der Waals surface area contributed by atoms with Crippen LogP contribution in [-0.2, 0) is 41.6 Å². The maximum absolute atomic E-state index is 13.2. The summed E-state index contributed by atoms with van der Waals surface area (Å²) >= 11 is 0. The van der Waals surface area contributed by atoms with E-state index >= 15 is 0 Å². The van der Waals surface area contributed by atoms with Crippen LogP contribution >= 0.6 is 0 Å². The van der Waals surface area contributed by atoms with E-state index in [1.54, 1.807) is 6.20 Å². The molecule has 0 aliphatic heterocycles. The van der Waals surface area contributed by atoms with E-state index in [0.29, 0.717) is 5.56 Å². The van der Waals surface area contributed by atoms with Gasteiger partial charge in [-0.15, -0.1) is 0 Å². The van der Waals surface area contributed by atoms with E-state index in [1.165, 1.54) is 24.3 Å². The number of carboxylic acid groups (broad SMARTS) is 1. The number of hydrogen-bond acceptors (Lipinski definition) is 8. The molecular formula is C29H35N7O8. The number of amides is 5. The van der Waals surface area contributed by atoms with Gasteiger partial charge in [0.2, 0.25) is 29.5 Å². The van der Waals surface area contributed by atoms with E-state index in [4.69, 9.17) is 17.2 Å². The summed E-state index contributed by atoms with van der Waals surface area (Å²) < 4.78 is 0. The van der Waals surface area contributed by atoms with Gasteiger partial charge >= 0.3 is 5.97 Å². The van der Waals surface area contributed by atoms with Crippen molar-refractivity contribution in [2.45, 2.75) is 56.3 Å². The second-order valence-electron chi connectivity index (χ2n) is 10.2. The third-order valence-corrected chi connectivity index (χ3v) is 6.79. The normalized spacial score (nSPS) is 13.7. The Morgan fingerprint density at radius 2 is 1.39 bits per heavy atom. The number of phenols is 1. The van der Waals surface area contributed by atoms with Crippen molar-refractivity contribution in [3.05, 3.63) is 65.9 Å². The minimum absolute atomic E-state index is 0.0363. The number of aromatic nitrogens is 1. The molecule has 1 heterocycles. The first-order valence-corrected chi connectivity index (χ1v) is 13.6. The average molecular weight is 610 g/mol. The number of para-hydroxylation sites is 1. The number of benzene rings is 2. The Kier molecular flexibility index (Phi) is 11.4. The van der Waals surface area contributed by atoms with E-state index < -0.39 is 66.1 Å². The third-order valence-electron chi connectivity index (χ3n) is 6.79. The molecule has 15 heteroatoms. The van der Waals surface area contributed by atoms with E-state index in [0.717, 1.165) is 16.5 Å². The van der Waals surface area contributed by atoms with Gasteiger partial charge in [0.25, 0.3) is 0 Å². The van der Waals surface area contributed by atoms with Crippen molar-refractivity contribution >= 4 is 46.4 Å². The van der Waals surface area contributed by atoms with Crippen molar-refractivity contribution in [2.75, 3.05) is 0 Å². The summed E-state index contributed by atoms with van der Waals surface area (Å²) in [5, 5.41) is 27.0. The Bertz CT molecular complexity index is 1520. The van der Waals surface area contributed by atoms with E-state index in [-0.39, 0.29) is 31.4 Å². The van der Waals surface area contributed by atoms with Gasteiger partial charge < -0.3 is 48.3 Å². The Labute approximate surface area is 251 Å². The van der Waals surface area contributed by atoms with Crippen LogP contribution in [0.15, 0.2) is 54.7 Å². The number of phenolic OH excluding ortho intramolecular Hbond substituents is 1. The lowest BCUT2D eigenvalue weighted by molar-refractivity contribution is -0.142. The van der Waals surface area contributed by atoms with Crippen LogP contribution in [-0.4, -0.2) is 74.9 Å². The van der Waals surface area contributed by atoms with E-state index in [9.17, 15) is 39.0 Å². The number of rotatable bonds is 16. The maximum Gasteiger partial charge on any atom is 0.326 e. The fraction of sp³-hybridized carbons (Fsp3) is 0.310. The van der Waals surface area contributed by atoms with Crippen LogP contribution < -0.4 is 33.2 Å². The molecule has 0 aliphatic carbocycles. The summed E-state index contributed by atoms with van der Waals surface area (Å²) in [6.07, 6.45) is 0.398. The number of aliphatic carboxylic acids is 1. The maximum atomic E-state index is 13.2. The van der Waals surface area contributed by atoms with Crippen molar-refractivity contribution < 1.29 is 39.0 Å². The summed E-state index contributed by atoms with van der Waals surface area (Å²) in [6, 6.07) is 7.46. The Balaban J connectivity index is 1.72. The Hall–Kier alpha value is -5.44. The lowest BCUT2D eigenvalue weighted by Crippen LogP contribution is -2.58. The smallest absolute Gasteiger partial charge is 0.326 e. The number of fused-ring (bicyclic) bond motifs is 1. The number of nitrogens with one attached hydrogen (secondary N) is 4. The lowest BCUT2D eigenvalue weighted by Gasteiger charge is -2.24. The predicted octanol–water partition coefficient (Wildman–Crippen LogP) is -1.33. The Morgan fingerprint density at radius 1 is 0.773 bits per heavy atom. The molecule has 4 unspecified atom stereocenters. The van der Waals surface area contributed by atoms with Crippen molar-refractivity contribution in [3.8, 4) is 5.75 Å². The number of carbonyl (C=O) groups excluding carboxylic acids is 5. The number of H-pyrrole nitrogens is 1. The number of carboxylic acids is 1. The standard InChI is InChI=1S/C29H35N7O8/c30-19(12-16-14-33-20-4-2-1-3-18(16)20)26(40)34-21(9-10-24(31)38)27(41)35-22(13-25(32)39)28(42)36-23(29(43)44)11-15-5-7-17(37)8-6-15/h1-8,14,19,21-23,33,37H,9-13,30H2,(H2,31,38)(H2,32,39)(H,34,40)(H,35,41)(H,36,42)(H,43,44). The number of hydrogen-bond donors (Lipinski definition) is 9. The first-order valence-electron chi connectivity index (χ1n) is 13.6. The molecule has 2 aromatic carbocycles. The number of aromatic amines is 1. The second kappa shape index (κ2) is 15.2. The highest BCUT2D eigenvalue weighted by Crippen LogP contribution is 2.19. The van der Waals surface area contributed by atoms with Gasteiger partial charge in [0.05, 0.1) is 12.5 Å². The van der Waals surface area contributed by atoms with Crippen LogP contribution in [0, 0.1) is 0 Å². The number of carbonyl (C=O) groups is 6. The molecular weight excluding hydrogens is 574 g/mol. The zero-order valence-corrected chi connectivity index (χ0v) is 23.6. The van der Waals surface area contributed by atoms with Crippen LogP contribution in [0.1, 0.15) is 30.4 Å². The minimum atomic E-state index is -1.62. The van der Waals surface area contributed by atoms with Crippen LogP contribution in [0.4, 0.5) is 0 Å². The Morgan fingerprint density at radius 3 is 2.02 bits per heavy atom. The quantitative estimate of drug-likeness (QED) is 0.0929. The van der Waals surface area contributed by atoms with Gasteiger partial charge in [0.15, 0.2) is 0 Å². The van der Waals surface area contributed by atoms with Crippen molar-refractivity contribution in [2.24, 2.45) is 17.2 Å². The van der Waals surface area contributed by atoms with Gasteiger partial charge in [-0.2, -0.15) is 0 Å². The molecule has 44 heavy (non-hydrogen) atoms. The molecule has 15 nitrogen and oxygen atoms in total. The SMILES string of the molecule is NC(=O)CCC(NC(=O)C(N)Cc1c[nH]c2ccccc12)C(=O)NC(CC(N)=O)C(=O)NC(Cc1ccc(O)cc1)C(=O)O. The molecule has 0 saturated heterocycles. The molecule has 0 saturated carbocycles. The highest BCUT2D eigenvalue weighted by molar-refractivity contribution is 5.96. The minimum Gasteiger partial charge on any atom is -0.508 e. The van der Waals surface area contributed by atoms with Crippen molar-refractivity contribution in [3.63, 3.8) is 0 Å². The first kappa shape index (κ1) is 33.1. The molecule has 0 spiro atoms.